The number of nitrogens with one attached hydrogen (secondary N) is 1. The third-order valence-electron chi connectivity index (χ3n) is 4.92. The van der Waals surface area contributed by atoms with Crippen LogP contribution in [0.3, 0.4) is 0 Å². The minimum absolute atomic E-state index is 0.0137. The van der Waals surface area contributed by atoms with Gasteiger partial charge in [0.1, 0.15) is 12.3 Å². The molecule has 0 aliphatic heterocycles. The van der Waals surface area contributed by atoms with E-state index in [1.807, 2.05) is 57.2 Å². The van der Waals surface area contributed by atoms with Gasteiger partial charge in [0.05, 0.1) is 17.1 Å². The topological polar surface area (TPSA) is 65.3 Å². The molecule has 2 aromatic carbocycles. The van der Waals surface area contributed by atoms with E-state index in [1.54, 1.807) is 11.6 Å². The summed E-state index contributed by atoms with van der Waals surface area (Å²) in [6, 6.07) is 15.6. The molecule has 154 valence electrons. The summed E-state index contributed by atoms with van der Waals surface area (Å²) in [6.45, 7) is 6.01. The fourth-order valence-electron chi connectivity index (χ4n) is 3.44. The molecule has 29 heavy (non-hydrogen) atoms. The molecule has 3 rings (SSSR count). The third kappa shape index (κ3) is 5.08. The monoisotopic (exact) mass is 395 g/mol. The lowest BCUT2D eigenvalue weighted by Crippen LogP contribution is -2.37. The second kappa shape index (κ2) is 8.99. The van der Waals surface area contributed by atoms with Gasteiger partial charge in [-0.3, -0.25) is 13.9 Å². The molecule has 0 spiro atoms. The first-order valence-corrected chi connectivity index (χ1v) is 10.0. The van der Waals surface area contributed by atoms with Gasteiger partial charge in [0.2, 0.25) is 5.91 Å². The van der Waals surface area contributed by atoms with Crippen molar-refractivity contribution in [3.63, 3.8) is 0 Å². The van der Waals surface area contributed by atoms with E-state index in [9.17, 15) is 9.59 Å². The van der Waals surface area contributed by atoms with Crippen LogP contribution < -0.4 is 15.7 Å². The van der Waals surface area contributed by atoms with E-state index in [1.165, 1.54) is 10.1 Å². The van der Waals surface area contributed by atoms with Gasteiger partial charge < -0.3 is 10.1 Å². The second-order valence-corrected chi connectivity index (χ2v) is 7.73. The van der Waals surface area contributed by atoms with Gasteiger partial charge in [-0.2, -0.15) is 0 Å². The largest absolute Gasteiger partial charge is 0.491 e. The van der Waals surface area contributed by atoms with Crippen LogP contribution in [0.15, 0.2) is 53.3 Å². The van der Waals surface area contributed by atoms with Gasteiger partial charge in [0.25, 0.3) is 0 Å². The molecular formula is C23H29N3O3. The van der Waals surface area contributed by atoms with E-state index in [-0.39, 0.29) is 30.3 Å². The van der Waals surface area contributed by atoms with Crippen LogP contribution in [-0.4, -0.2) is 27.2 Å². The number of benzene rings is 2. The number of hydrogen-bond donors (Lipinski definition) is 1. The van der Waals surface area contributed by atoms with Crippen LogP contribution in [0.4, 0.5) is 0 Å². The quantitative estimate of drug-likeness (QED) is 0.637. The SMILES string of the molecule is CC(CCc1ccc(OC(C)C)cc1)NC(=O)Cn1c(=O)n(C)c2ccccc21. The molecule has 0 aliphatic rings. The first-order valence-electron chi connectivity index (χ1n) is 10.0. The Bertz CT molecular complexity index is 1030. The van der Waals surface area contributed by atoms with Crippen molar-refractivity contribution in [3.05, 3.63) is 64.6 Å². The number of amides is 1. The maximum absolute atomic E-state index is 12.5. The fourth-order valence-corrected chi connectivity index (χ4v) is 3.44. The summed E-state index contributed by atoms with van der Waals surface area (Å²) in [5.74, 6) is 0.710. The Morgan fingerprint density at radius 2 is 1.69 bits per heavy atom. The highest BCUT2D eigenvalue weighted by Gasteiger charge is 2.14. The van der Waals surface area contributed by atoms with Crippen LogP contribution in [-0.2, 0) is 24.8 Å². The average molecular weight is 396 g/mol. The van der Waals surface area contributed by atoms with Crippen LogP contribution in [0, 0.1) is 0 Å². The number of para-hydroxylation sites is 2. The summed E-state index contributed by atoms with van der Waals surface area (Å²) in [6.07, 6.45) is 1.84. The van der Waals surface area contributed by atoms with Crippen molar-refractivity contribution in [2.45, 2.75) is 52.3 Å². The van der Waals surface area contributed by atoms with Gasteiger partial charge >= 0.3 is 5.69 Å². The summed E-state index contributed by atoms with van der Waals surface area (Å²) in [5.41, 5.74) is 2.61. The van der Waals surface area contributed by atoms with E-state index in [4.69, 9.17) is 4.74 Å². The van der Waals surface area contributed by atoms with Gasteiger partial charge in [-0.05, 0) is 63.4 Å². The minimum atomic E-state index is -0.183. The average Bonchev–Trinajstić information content (AvgIpc) is 2.92. The van der Waals surface area contributed by atoms with Crippen molar-refractivity contribution < 1.29 is 9.53 Å². The molecule has 1 unspecified atom stereocenters. The van der Waals surface area contributed by atoms with Crippen molar-refractivity contribution in [3.8, 4) is 5.75 Å². The molecule has 1 aromatic heterocycles. The number of fused-ring (bicyclic) bond motifs is 1. The summed E-state index contributed by atoms with van der Waals surface area (Å²) in [4.78, 5) is 24.9. The Morgan fingerprint density at radius 3 is 2.34 bits per heavy atom. The first kappa shape index (κ1) is 20.7. The number of nitrogens with zero attached hydrogens (tertiary/aromatic N) is 2. The van der Waals surface area contributed by atoms with Gasteiger partial charge in [-0.15, -0.1) is 0 Å². The van der Waals surface area contributed by atoms with Crippen molar-refractivity contribution in [2.75, 3.05) is 0 Å². The Hall–Kier alpha value is -3.02. The molecular weight excluding hydrogens is 366 g/mol. The summed E-state index contributed by atoms with van der Waals surface area (Å²) < 4.78 is 8.75. The summed E-state index contributed by atoms with van der Waals surface area (Å²) >= 11 is 0. The third-order valence-corrected chi connectivity index (χ3v) is 4.92. The number of hydrogen-bond acceptors (Lipinski definition) is 3. The molecule has 6 nitrogen and oxygen atoms in total. The van der Waals surface area contributed by atoms with E-state index in [0.717, 1.165) is 29.6 Å². The lowest BCUT2D eigenvalue weighted by atomic mass is 10.1. The van der Waals surface area contributed by atoms with Gasteiger partial charge in [-0.1, -0.05) is 24.3 Å². The number of ether oxygens (including phenoxy) is 1. The molecule has 0 fully saturated rings. The van der Waals surface area contributed by atoms with E-state index in [0.29, 0.717) is 0 Å². The molecule has 1 atom stereocenters. The van der Waals surface area contributed by atoms with E-state index in [2.05, 4.69) is 17.4 Å². The van der Waals surface area contributed by atoms with Crippen LogP contribution in [0.1, 0.15) is 32.8 Å². The Kier molecular flexibility index (Phi) is 6.42. The van der Waals surface area contributed by atoms with Crippen LogP contribution in [0.5, 0.6) is 5.75 Å². The molecule has 3 aromatic rings. The Morgan fingerprint density at radius 1 is 1.03 bits per heavy atom. The molecule has 6 heteroatoms. The highest BCUT2D eigenvalue weighted by molar-refractivity contribution is 5.81. The van der Waals surface area contributed by atoms with Crippen molar-refractivity contribution >= 4 is 16.9 Å². The normalized spacial score (nSPS) is 12.3. The minimum Gasteiger partial charge on any atom is -0.491 e. The van der Waals surface area contributed by atoms with Gasteiger partial charge in [0.15, 0.2) is 0 Å². The maximum Gasteiger partial charge on any atom is 0.329 e. The van der Waals surface area contributed by atoms with Crippen molar-refractivity contribution in [1.29, 1.82) is 0 Å². The van der Waals surface area contributed by atoms with Crippen LogP contribution in [0.2, 0.25) is 0 Å². The predicted molar refractivity (Wildman–Crippen MR) is 115 cm³/mol. The summed E-state index contributed by atoms with van der Waals surface area (Å²) in [7, 11) is 1.72. The maximum atomic E-state index is 12.5. The highest BCUT2D eigenvalue weighted by Crippen LogP contribution is 2.15. The Balaban J connectivity index is 1.55. The highest BCUT2D eigenvalue weighted by atomic mass is 16.5. The molecule has 0 saturated carbocycles. The lowest BCUT2D eigenvalue weighted by molar-refractivity contribution is -0.122. The van der Waals surface area contributed by atoms with Gasteiger partial charge in [0, 0.05) is 13.1 Å². The number of carbonyl (C=O) groups excluding carboxylic acids is 1. The molecule has 1 amide bonds. The number of rotatable bonds is 8. The molecule has 0 saturated heterocycles. The van der Waals surface area contributed by atoms with Crippen LogP contribution in [0.25, 0.3) is 11.0 Å². The van der Waals surface area contributed by atoms with Gasteiger partial charge in [-0.25, -0.2) is 4.79 Å². The number of imidazole rings is 1. The standard InChI is InChI=1S/C23H29N3O3/c1-16(2)29-19-13-11-18(12-14-19)10-9-17(3)24-22(27)15-26-21-8-6-5-7-20(21)25(4)23(26)28/h5-8,11-14,16-17H,9-10,15H2,1-4H3,(H,24,27). The zero-order valence-corrected chi connectivity index (χ0v) is 17.5. The zero-order valence-electron chi connectivity index (χ0n) is 17.5. The zero-order chi connectivity index (χ0) is 21.0. The number of carbonyl (C=O) groups is 1. The molecule has 0 radical (unpaired) electrons. The fraction of sp³-hybridized carbons (Fsp3) is 0.391. The number of aromatic nitrogens is 2. The first-order chi connectivity index (χ1) is 13.8. The molecule has 1 N–H and O–H groups in total. The van der Waals surface area contributed by atoms with E-state index >= 15 is 0 Å². The Labute approximate surface area is 171 Å². The van der Waals surface area contributed by atoms with Crippen LogP contribution >= 0.6 is 0 Å². The molecule has 0 bridgehead atoms. The number of aryl methyl sites for hydroxylation is 2. The van der Waals surface area contributed by atoms with E-state index < -0.39 is 0 Å². The molecule has 0 aliphatic carbocycles. The predicted octanol–water partition coefficient (Wildman–Crippen LogP) is 3.26. The lowest BCUT2D eigenvalue weighted by Gasteiger charge is -2.15. The second-order valence-electron chi connectivity index (χ2n) is 7.73. The van der Waals surface area contributed by atoms with Crippen molar-refractivity contribution in [2.24, 2.45) is 7.05 Å². The molecule has 1 heterocycles. The van der Waals surface area contributed by atoms with Crippen molar-refractivity contribution in [1.82, 2.24) is 14.5 Å². The summed E-state index contributed by atoms with van der Waals surface area (Å²) in [5, 5.41) is 3.00. The smallest absolute Gasteiger partial charge is 0.329 e.